The SMILES string of the molecule is COc1ccc(/C=N\N=C2\CC[C@H]3[C@H]4CCc5cc(O)ccc5[C@H]4CC[C@]23C)cc1OC. The third-order valence-corrected chi connectivity index (χ3v) is 8.24. The molecule has 2 saturated carbocycles. The van der Waals surface area contributed by atoms with Crippen molar-refractivity contribution in [2.45, 2.75) is 51.4 Å². The number of ether oxygens (including phenoxy) is 2. The topological polar surface area (TPSA) is 63.4 Å². The Morgan fingerprint density at radius 2 is 1.84 bits per heavy atom. The number of phenolic OH excluding ortho intramolecular Hbond substituents is 1. The predicted molar refractivity (Wildman–Crippen MR) is 127 cm³/mol. The second kappa shape index (κ2) is 8.27. The van der Waals surface area contributed by atoms with Crippen molar-refractivity contribution in [1.82, 2.24) is 0 Å². The Balaban J connectivity index is 1.35. The molecule has 0 radical (unpaired) electrons. The number of rotatable bonds is 4. The summed E-state index contributed by atoms with van der Waals surface area (Å²) in [5.41, 5.74) is 5.17. The van der Waals surface area contributed by atoms with Gasteiger partial charge in [-0.05, 0) is 103 Å². The minimum atomic E-state index is 0.143. The smallest absolute Gasteiger partial charge is 0.161 e. The lowest BCUT2D eigenvalue weighted by Gasteiger charge is -2.49. The first kappa shape index (κ1) is 21.0. The van der Waals surface area contributed by atoms with E-state index in [1.165, 1.54) is 36.1 Å². The van der Waals surface area contributed by atoms with Gasteiger partial charge in [-0.2, -0.15) is 10.2 Å². The summed E-state index contributed by atoms with van der Waals surface area (Å²) in [5, 5.41) is 19.1. The molecule has 5 rings (SSSR count). The number of fused-ring (bicyclic) bond motifs is 5. The van der Waals surface area contributed by atoms with Crippen LogP contribution in [0.2, 0.25) is 0 Å². The van der Waals surface area contributed by atoms with E-state index in [4.69, 9.17) is 14.6 Å². The Labute approximate surface area is 190 Å². The van der Waals surface area contributed by atoms with Crippen molar-refractivity contribution in [3.05, 3.63) is 53.1 Å². The molecule has 32 heavy (non-hydrogen) atoms. The maximum Gasteiger partial charge on any atom is 0.161 e. The van der Waals surface area contributed by atoms with Gasteiger partial charge in [0.05, 0.1) is 20.4 Å². The third-order valence-electron chi connectivity index (χ3n) is 8.24. The van der Waals surface area contributed by atoms with E-state index >= 15 is 0 Å². The van der Waals surface area contributed by atoms with Crippen LogP contribution in [0.3, 0.4) is 0 Å². The minimum absolute atomic E-state index is 0.143. The van der Waals surface area contributed by atoms with E-state index in [0.29, 0.717) is 35.0 Å². The fourth-order valence-electron chi connectivity index (χ4n) is 6.62. The standard InChI is InChI=1S/C27H32N2O3/c1-27-13-12-21-20-8-6-19(30)15-18(20)5-7-22(21)23(27)9-11-26(27)29-28-16-17-4-10-24(31-2)25(14-17)32-3/h4,6,8,10,14-16,21-23,30H,5,7,9,11-13H2,1-3H3/b28-16-,29-26-/t21-,22+,23+,27+/m1/s1. The van der Waals surface area contributed by atoms with E-state index in [1.807, 2.05) is 30.3 Å². The molecular formula is C27H32N2O3. The largest absolute Gasteiger partial charge is 0.508 e. The number of nitrogens with zero attached hydrogens (tertiary/aromatic N) is 2. The maximum absolute atomic E-state index is 9.89. The normalized spacial score (nSPS) is 30.1. The Kier molecular flexibility index (Phi) is 5.44. The van der Waals surface area contributed by atoms with Crippen LogP contribution < -0.4 is 9.47 Å². The Bertz CT molecular complexity index is 1080. The molecule has 0 unspecified atom stereocenters. The second-order valence-electron chi connectivity index (χ2n) is 9.70. The van der Waals surface area contributed by atoms with Crippen molar-refractivity contribution in [1.29, 1.82) is 0 Å². The van der Waals surface area contributed by atoms with Gasteiger partial charge < -0.3 is 14.6 Å². The number of hydrogen-bond donors (Lipinski definition) is 1. The molecule has 0 spiro atoms. The lowest BCUT2D eigenvalue weighted by molar-refractivity contribution is 0.0955. The van der Waals surface area contributed by atoms with Crippen LogP contribution in [0.5, 0.6) is 17.2 Å². The highest BCUT2D eigenvalue weighted by Crippen LogP contribution is 2.60. The van der Waals surface area contributed by atoms with Gasteiger partial charge >= 0.3 is 0 Å². The zero-order valence-corrected chi connectivity index (χ0v) is 19.2. The van der Waals surface area contributed by atoms with E-state index in [-0.39, 0.29) is 5.41 Å². The molecule has 5 nitrogen and oxygen atoms in total. The molecule has 2 aromatic rings. The van der Waals surface area contributed by atoms with Gasteiger partial charge in [-0.15, -0.1) is 0 Å². The molecule has 3 aliphatic carbocycles. The summed E-state index contributed by atoms with van der Waals surface area (Å²) < 4.78 is 10.7. The van der Waals surface area contributed by atoms with Crippen LogP contribution in [-0.2, 0) is 6.42 Å². The predicted octanol–water partition coefficient (Wildman–Crippen LogP) is 5.74. The molecule has 0 bridgehead atoms. The fourth-order valence-corrected chi connectivity index (χ4v) is 6.62. The van der Waals surface area contributed by atoms with Crippen LogP contribution in [0.4, 0.5) is 0 Å². The average Bonchev–Trinajstić information content (AvgIpc) is 3.15. The van der Waals surface area contributed by atoms with Gasteiger partial charge in [0.15, 0.2) is 11.5 Å². The van der Waals surface area contributed by atoms with Crippen LogP contribution in [0.1, 0.15) is 61.6 Å². The second-order valence-corrected chi connectivity index (χ2v) is 9.70. The van der Waals surface area contributed by atoms with Crippen LogP contribution in [0, 0.1) is 17.3 Å². The van der Waals surface area contributed by atoms with Crippen LogP contribution in [0.25, 0.3) is 0 Å². The first-order chi connectivity index (χ1) is 15.5. The van der Waals surface area contributed by atoms with Crippen LogP contribution >= 0.6 is 0 Å². The average molecular weight is 433 g/mol. The first-order valence-electron chi connectivity index (χ1n) is 11.7. The summed E-state index contributed by atoms with van der Waals surface area (Å²) in [6.07, 6.45) is 8.68. The van der Waals surface area contributed by atoms with Gasteiger partial charge in [0, 0.05) is 11.1 Å². The molecule has 168 valence electrons. The molecule has 0 saturated heterocycles. The van der Waals surface area contributed by atoms with E-state index in [1.54, 1.807) is 20.4 Å². The van der Waals surface area contributed by atoms with Crippen molar-refractivity contribution >= 4 is 11.9 Å². The number of hydrogen-bond acceptors (Lipinski definition) is 5. The summed E-state index contributed by atoms with van der Waals surface area (Å²) in [7, 11) is 3.28. The number of phenols is 1. The Morgan fingerprint density at radius 1 is 1.00 bits per heavy atom. The fraction of sp³-hybridized carbons (Fsp3) is 0.481. The third kappa shape index (κ3) is 3.48. The molecule has 0 aliphatic heterocycles. The minimum Gasteiger partial charge on any atom is -0.508 e. The molecule has 0 amide bonds. The maximum atomic E-state index is 9.89. The summed E-state index contributed by atoms with van der Waals surface area (Å²) in [4.78, 5) is 0. The number of benzene rings is 2. The van der Waals surface area contributed by atoms with Gasteiger partial charge in [0.2, 0.25) is 0 Å². The lowest BCUT2D eigenvalue weighted by Crippen LogP contribution is -2.42. The van der Waals surface area contributed by atoms with Crippen LogP contribution in [0.15, 0.2) is 46.6 Å². The highest BCUT2D eigenvalue weighted by Gasteiger charge is 2.53. The first-order valence-corrected chi connectivity index (χ1v) is 11.7. The van der Waals surface area contributed by atoms with Crippen molar-refractivity contribution in [3.8, 4) is 17.2 Å². The molecule has 3 aliphatic rings. The van der Waals surface area contributed by atoms with E-state index in [9.17, 15) is 5.11 Å². The summed E-state index contributed by atoms with van der Waals surface area (Å²) >= 11 is 0. The van der Waals surface area contributed by atoms with Gasteiger partial charge in [-0.3, -0.25) is 0 Å². The molecule has 0 aromatic heterocycles. The number of aromatic hydroxyl groups is 1. The number of aryl methyl sites for hydroxylation is 1. The highest BCUT2D eigenvalue weighted by molar-refractivity contribution is 5.93. The van der Waals surface area contributed by atoms with Crippen molar-refractivity contribution in [2.24, 2.45) is 27.5 Å². The van der Waals surface area contributed by atoms with Crippen molar-refractivity contribution < 1.29 is 14.6 Å². The molecule has 0 heterocycles. The van der Waals surface area contributed by atoms with Crippen molar-refractivity contribution in [2.75, 3.05) is 14.2 Å². The molecule has 2 aromatic carbocycles. The monoisotopic (exact) mass is 432 g/mol. The van der Waals surface area contributed by atoms with Gasteiger partial charge in [0.1, 0.15) is 5.75 Å². The lowest BCUT2D eigenvalue weighted by atomic mass is 9.55. The van der Waals surface area contributed by atoms with Crippen LogP contribution in [-0.4, -0.2) is 31.3 Å². The van der Waals surface area contributed by atoms with Gasteiger partial charge in [0.25, 0.3) is 0 Å². The van der Waals surface area contributed by atoms with Gasteiger partial charge in [-0.1, -0.05) is 13.0 Å². The Morgan fingerprint density at radius 3 is 2.66 bits per heavy atom. The number of methoxy groups -OCH3 is 2. The molecule has 4 atom stereocenters. The molecule has 2 fully saturated rings. The summed E-state index contributed by atoms with van der Waals surface area (Å²) in [6, 6.07) is 11.8. The molecule has 5 heteroatoms. The van der Waals surface area contributed by atoms with Crippen molar-refractivity contribution in [3.63, 3.8) is 0 Å². The van der Waals surface area contributed by atoms with Gasteiger partial charge in [-0.25, -0.2) is 0 Å². The van der Waals surface area contributed by atoms with E-state index in [2.05, 4.69) is 18.1 Å². The van der Waals surface area contributed by atoms with E-state index in [0.717, 1.165) is 24.8 Å². The highest BCUT2D eigenvalue weighted by atomic mass is 16.5. The zero-order valence-electron chi connectivity index (χ0n) is 19.2. The quantitative estimate of drug-likeness (QED) is 0.495. The molecule has 1 N–H and O–H groups in total. The molecular weight excluding hydrogens is 400 g/mol. The zero-order chi connectivity index (χ0) is 22.3. The van der Waals surface area contributed by atoms with E-state index < -0.39 is 0 Å². The summed E-state index contributed by atoms with van der Waals surface area (Å²) in [6.45, 7) is 2.41. The summed E-state index contributed by atoms with van der Waals surface area (Å²) in [5.74, 6) is 3.79. The Hall–Kier alpha value is -2.82.